The zero-order chi connectivity index (χ0) is 20.7. The van der Waals surface area contributed by atoms with Crippen molar-refractivity contribution in [1.82, 2.24) is 30.4 Å². The first-order chi connectivity index (χ1) is 14.7. The van der Waals surface area contributed by atoms with E-state index in [0.29, 0.717) is 34.5 Å². The summed E-state index contributed by atoms with van der Waals surface area (Å²) in [4.78, 5) is 12.7. The quantitative estimate of drug-likeness (QED) is 0.458. The van der Waals surface area contributed by atoms with E-state index in [-0.39, 0.29) is 5.56 Å². The molecule has 0 radical (unpaired) electrons. The number of benzene rings is 2. The number of ether oxygens (including phenoxy) is 1. The van der Waals surface area contributed by atoms with Gasteiger partial charge >= 0.3 is 0 Å². The van der Waals surface area contributed by atoms with Crippen LogP contribution in [0.5, 0.6) is 5.75 Å². The SMILES string of the molecule is CCOc1ccc(-c2n[nH]c(=O)c3c2[C@@H](c2ccccc2Cl)n2nnnc2N3)cc1. The molecule has 2 aromatic heterocycles. The standard InChI is InChI=1S/C20H16ClN7O2/c1-2-30-12-9-7-11(8-10-12)16-15-17(19(29)24-23-16)22-20-25-26-27-28(20)18(15)13-5-3-4-6-14(13)21/h3-10,18H,2H2,1H3,(H,24,29)(H,22,25,27)/t18-/m1/s1. The van der Waals surface area contributed by atoms with Gasteiger partial charge in [-0.3, -0.25) is 4.79 Å². The number of anilines is 2. The van der Waals surface area contributed by atoms with Crippen molar-refractivity contribution >= 4 is 23.2 Å². The molecule has 30 heavy (non-hydrogen) atoms. The number of tetrazole rings is 1. The third-order valence-corrected chi connectivity index (χ3v) is 5.25. The van der Waals surface area contributed by atoms with Crippen LogP contribution in [0.4, 0.5) is 11.6 Å². The molecule has 0 unspecified atom stereocenters. The molecule has 1 aliphatic rings. The molecule has 2 N–H and O–H groups in total. The Morgan fingerprint density at radius 3 is 2.73 bits per heavy atom. The van der Waals surface area contributed by atoms with Crippen molar-refractivity contribution in [3.8, 4) is 17.0 Å². The molecule has 1 aliphatic heterocycles. The molecule has 0 spiro atoms. The fourth-order valence-corrected chi connectivity index (χ4v) is 3.86. The normalized spacial score (nSPS) is 14.5. The minimum Gasteiger partial charge on any atom is -0.494 e. The number of nitrogens with one attached hydrogen (secondary N) is 2. The number of nitrogens with zero attached hydrogens (tertiary/aromatic N) is 5. The zero-order valence-corrected chi connectivity index (χ0v) is 16.6. The lowest BCUT2D eigenvalue weighted by molar-refractivity contribution is 0.340. The number of aromatic amines is 1. The van der Waals surface area contributed by atoms with Gasteiger partial charge < -0.3 is 10.1 Å². The molecule has 9 nitrogen and oxygen atoms in total. The van der Waals surface area contributed by atoms with Crippen LogP contribution in [0.3, 0.4) is 0 Å². The first-order valence-electron chi connectivity index (χ1n) is 9.32. The van der Waals surface area contributed by atoms with Gasteiger partial charge in [0.05, 0.1) is 12.3 Å². The molecule has 0 bridgehead atoms. The summed E-state index contributed by atoms with van der Waals surface area (Å²) in [6.45, 7) is 2.50. The molecular weight excluding hydrogens is 406 g/mol. The molecule has 10 heteroatoms. The summed E-state index contributed by atoms with van der Waals surface area (Å²) in [6, 6.07) is 14.4. The van der Waals surface area contributed by atoms with Gasteiger partial charge in [0, 0.05) is 21.7 Å². The van der Waals surface area contributed by atoms with Crippen LogP contribution in [-0.2, 0) is 0 Å². The molecule has 150 valence electrons. The average molecular weight is 422 g/mol. The van der Waals surface area contributed by atoms with E-state index in [4.69, 9.17) is 16.3 Å². The lowest BCUT2D eigenvalue weighted by Crippen LogP contribution is -2.29. The lowest BCUT2D eigenvalue weighted by atomic mass is 9.92. The number of H-pyrrole nitrogens is 1. The van der Waals surface area contributed by atoms with Gasteiger partial charge in [0.2, 0.25) is 5.95 Å². The second-order valence-corrected chi connectivity index (χ2v) is 7.05. The smallest absolute Gasteiger partial charge is 0.288 e. The Morgan fingerprint density at radius 2 is 1.97 bits per heavy atom. The Hall–Kier alpha value is -3.72. The van der Waals surface area contributed by atoms with E-state index in [2.05, 4.69) is 31.0 Å². The Labute approximate surface area is 175 Å². The second-order valence-electron chi connectivity index (χ2n) is 6.64. The van der Waals surface area contributed by atoms with E-state index in [1.54, 1.807) is 10.7 Å². The van der Waals surface area contributed by atoms with Gasteiger partial charge in [-0.05, 0) is 47.7 Å². The van der Waals surface area contributed by atoms with Crippen LogP contribution in [0, 0.1) is 0 Å². The van der Waals surface area contributed by atoms with Crippen molar-refractivity contribution in [1.29, 1.82) is 0 Å². The topological polar surface area (TPSA) is 111 Å². The summed E-state index contributed by atoms with van der Waals surface area (Å²) in [7, 11) is 0. The largest absolute Gasteiger partial charge is 0.494 e. The van der Waals surface area contributed by atoms with Crippen LogP contribution in [0.1, 0.15) is 24.1 Å². The predicted octanol–water partition coefficient (Wildman–Crippen LogP) is 3.17. The maximum absolute atomic E-state index is 12.7. The molecule has 0 saturated carbocycles. The Morgan fingerprint density at radius 1 is 1.17 bits per heavy atom. The van der Waals surface area contributed by atoms with Crippen molar-refractivity contribution in [2.24, 2.45) is 0 Å². The van der Waals surface area contributed by atoms with Crippen molar-refractivity contribution in [2.75, 3.05) is 11.9 Å². The lowest BCUT2D eigenvalue weighted by Gasteiger charge is -2.28. The van der Waals surface area contributed by atoms with Gasteiger partial charge in [0.25, 0.3) is 5.56 Å². The zero-order valence-electron chi connectivity index (χ0n) is 15.8. The van der Waals surface area contributed by atoms with Crippen molar-refractivity contribution in [3.63, 3.8) is 0 Å². The monoisotopic (exact) mass is 421 g/mol. The molecule has 4 aromatic rings. The highest BCUT2D eigenvalue weighted by Crippen LogP contribution is 2.42. The average Bonchev–Trinajstić information content (AvgIpc) is 3.23. The van der Waals surface area contributed by atoms with Crippen LogP contribution >= 0.6 is 11.6 Å². The summed E-state index contributed by atoms with van der Waals surface area (Å²) in [5.41, 5.74) is 2.76. The number of aromatic nitrogens is 6. The fourth-order valence-electron chi connectivity index (χ4n) is 3.62. The molecular formula is C20H16ClN7O2. The van der Waals surface area contributed by atoms with E-state index in [0.717, 1.165) is 16.9 Å². The first kappa shape index (κ1) is 18.3. The van der Waals surface area contributed by atoms with Crippen LogP contribution < -0.4 is 15.6 Å². The maximum atomic E-state index is 12.7. The van der Waals surface area contributed by atoms with Gasteiger partial charge in [0.15, 0.2) is 0 Å². The molecule has 3 heterocycles. The summed E-state index contributed by atoms with van der Waals surface area (Å²) >= 11 is 6.53. The molecule has 0 saturated heterocycles. The van der Waals surface area contributed by atoms with Gasteiger partial charge in [0.1, 0.15) is 17.5 Å². The maximum Gasteiger partial charge on any atom is 0.288 e. The van der Waals surface area contributed by atoms with E-state index in [1.807, 2.05) is 49.4 Å². The molecule has 5 rings (SSSR count). The van der Waals surface area contributed by atoms with Crippen LogP contribution in [0.25, 0.3) is 11.3 Å². The van der Waals surface area contributed by atoms with Crippen molar-refractivity contribution in [2.45, 2.75) is 13.0 Å². The second kappa shape index (κ2) is 7.27. The van der Waals surface area contributed by atoms with Gasteiger partial charge in [-0.1, -0.05) is 34.9 Å². The van der Waals surface area contributed by atoms with E-state index >= 15 is 0 Å². The fraction of sp³-hybridized carbons (Fsp3) is 0.150. The van der Waals surface area contributed by atoms with E-state index in [1.165, 1.54) is 0 Å². The molecule has 2 aromatic carbocycles. The molecule has 0 amide bonds. The Balaban J connectivity index is 1.76. The predicted molar refractivity (Wildman–Crippen MR) is 111 cm³/mol. The first-order valence-corrected chi connectivity index (χ1v) is 9.70. The highest BCUT2D eigenvalue weighted by Gasteiger charge is 2.35. The van der Waals surface area contributed by atoms with Crippen molar-refractivity contribution < 1.29 is 4.74 Å². The van der Waals surface area contributed by atoms with Gasteiger partial charge in [-0.25, -0.2) is 5.10 Å². The minimum absolute atomic E-state index is 0.334. The van der Waals surface area contributed by atoms with Crippen LogP contribution in [-0.4, -0.2) is 37.0 Å². The Kier molecular flexibility index (Phi) is 4.44. The third kappa shape index (κ3) is 2.91. The van der Waals surface area contributed by atoms with E-state index < -0.39 is 6.04 Å². The van der Waals surface area contributed by atoms with Gasteiger partial charge in [-0.15, -0.1) is 0 Å². The summed E-state index contributed by atoms with van der Waals surface area (Å²) in [5.74, 6) is 1.10. The number of rotatable bonds is 4. The summed E-state index contributed by atoms with van der Waals surface area (Å²) < 4.78 is 7.13. The highest BCUT2D eigenvalue weighted by atomic mass is 35.5. The number of fused-ring (bicyclic) bond motifs is 2. The van der Waals surface area contributed by atoms with Crippen LogP contribution in [0.15, 0.2) is 53.3 Å². The summed E-state index contributed by atoms with van der Waals surface area (Å²) in [5, 5.41) is 22.4. The molecule has 0 fully saturated rings. The highest BCUT2D eigenvalue weighted by molar-refractivity contribution is 6.31. The molecule has 1 atom stereocenters. The van der Waals surface area contributed by atoms with Crippen molar-refractivity contribution in [3.05, 3.63) is 75.0 Å². The number of halogens is 1. The Bertz CT molecular complexity index is 1280. The number of hydrogen-bond acceptors (Lipinski definition) is 7. The minimum atomic E-state index is -0.531. The van der Waals surface area contributed by atoms with E-state index in [9.17, 15) is 4.79 Å². The van der Waals surface area contributed by atoms with Gasteiger partial charge in [-0.2, -0.15) is 9.78 Å². The molecule has 0 aliphatic carbocycles. The third-order valence-electron chi connectivity index (χ3n) is 4.91. The number of hydrogen-bond donors (Lipinski definition) is 2. The summed E-state index contributed by atoms with van der Waals surface area (Å²) in [6.07, 6.45) is 0. The van der Waals surface area contributed by atoms with Crippen LogP contribution in [0.2, 0.25) is 5.02 Å².